The van der Waals surface area contributed by atoms with Crippen LogP contribution >= 0.6 is 0 Å². The number of carbonyl (C=O) groups excluding carboxylic acids is 5. The van der Waals surface area contributed by atoms with Gasteiger partial charge in [0.25, 0.3) is 23.6 Å². The van der Waals surface area contributed by atoms with Crippen molar-refractivity contribution in [1.29, 1.82) is 0 Å². The summed E-state index contributed by atoms with van der Waals surface area (Å²) in [6.07, 6.45) is 0.990. The summed E-state index contributed by atoms with van der Waals surface area (Å²) in [5.74, 6) is -2.43. The minimum Gasteiger partial charge on any atom is -0.467 e. The molecule has 0 aliphatic carbocycles. The van der Waals surface area contributed by atoms with Crippen LogP contribution in [0.15, 0.2) is 48.5 Å². The van der Waals surface area contributed by atoms with Crippen molar-refractivity contribution in [3.05, 3.63) is 70.8 Å². The number of carbonyl (C=O) groups is 5. The molecule has 0 N–H and O–H groups in total. The molecule has 0 radical (unpaired) electrons. The zero-order valence-electron chi connectivity index (χ0n) is 16.9. The normalized spacial score (nSPS) is 15.9. The minimum atomic E-state index is -1.07. The summed E-state index contributed by atoms with van der Waals surface area (Å²) >= 11 is 0. The van der Waals surface area contributed by atoms with Crippen LogP contribution in [0.2, 0.25) is 0 Å². The van der Waals surface area contributed by atoms with E-state index < -0.39 is 23.8 Å². The highest BCUT2D eigenvalue weighted by molar-refractivity contribution is 6.23. The topological polar surface area (TPSA) is 101 Å². The summed E-state index contributed by atoms with van der Waals surface area (Å²) in [6, 6.07) is 12.0. The molecule has 1 unspecified atom stereocenters. The van der Waals surface area contributed by atoms with Crippen LogP contribution in [-0.2, 0) is 9.53 Å². The second-order valence-corrected chi connectivity index (χ2v) is 7.37. The maximum atomic E-state index is 12.7. The predicted octanol–water partition coefficient (Wildman–Crippen LogP) is 2.29. The van der Waals surface area contributed by atoms with Crippen molar-refractivity contribution in [3.8, 4) is 0 Å². The molecule has 0 bridgehead atoms. The van der Waals surface area contributed by atoms with E-state index in [0.717, 1.165) is 4.90 Å². The third kappa shape index (κ3) is 3.39. The van der Waals surface area contributed by atoms with Crippen LogP contribution in [0.1, 0.15) is 60.7 Å². The van der Waals surface area contributed by atoms with E-state index in [-0.39, 0.29) is 35.9 Å². The van der Waals surface area contributed by atoms with E-state index in [1.54, 1.807) is 48.5 Å². The maximum absolute atomic E-state index is 12.7. The van der Waals surface area contributed by atoms with Crippen LogP contribution in [0.5, 0.6) is 0 Å². The molecule has 2 aromatic rings. The molecule has 2 aliphatic heterocycles. The van der Waals surface area contributed by atoms with Crippen LogP contribution in [0.3, 0.4) is 0 Å². The Morgan fingerprint density at radius 1 is 0.774 bits per heavy atom. The summed E-state index contributed by atoms with van der Waals surface area (Å²) in [5.41, 5.74) is 1.27. The first-order valence-electron chi connectivity index (χ1n) is 9.95. The number of esters is 1. The molecule has 4 amide bonds. The summed E-state index contributed by atoms with van der Waals surface area (Å²) in [7, 11) is 1.20. The molecule has 1 atom stereocenters. The molecular formula is C23H20N2O6. The second kappa shape index (κ2) is 8.14. The van der Waals surface area contributed by atoms with Crippen LogP contribution in [-0.4, -0.2) is 59.1 Å². The van der Waals surface area contributed by atoms with Crippen molar-refractivity contribution in [2.75, 3.05) is 13.7 Å². The Hall–Kier alpha value is -3.81. The first-order valence-corrected chi connectivity index (χ1v) is 9.95. The number of methoxy groups -OCH3 is 1. The van der Waals surface area contributed by atoms with Gasteiger partial charge in [0.05, 0.1) is 29.4 Å². The van der Waals surface area contributed by atoms with Crippen molar-refractivity contribution in [2.45, 2.75) is 25.3 Å². The number of amides is 4. The largest absolute Gasteiger partial charge is 0.467 e. The molecule has 8 heteroatoms. The van der Waals surface area contributed by atoms with Gasteiger partial charge in [0.15, 0.2) is 0 Å². The Bertz CT molecular complexity index is 1040. The third-order valence-electron chi connectivity index (χ3n) is 5.60. The zero-order chi connectivity index (χ0) is 22.1. The maximum Gasteiger partial charge on any atom is 0.329 e. The van der Waals surface area contributed by atoms with E-state index in [1.165, 1.54) is 12.0 Å². The number of nitrogens with zero attached hydrogens (tertiary/aromatic N) is 2. The number of benzene rings is 2. The van der Waals surface area contributed by atoms with Crippen LogP contribution < -0.4 is 0 Å². The lowest BCUT2D eigenvalue weighted by atomic mass is 10.1. The number of hydrogen-bond donors (Lipinski definition) is 0. The number of imide groups is 2. The highest BCUT2D eigenvalue weighted by Gasteiger charge is 2.43. The van der Waals surface area contributed by atoms with Crippen molar-refractivity contribution < 1.29 is 28.7 Å². The van der Waals surface area contributed by atoms with E-state index in [2.05, 4.69) is 0 Å². The number of fused-ring (bicyclic) bond motifs is 2. The molecule has 8 nitrogen and oxygen atoms in total. The van der Waals surface area contributed by atoms with E-state index in [4.69, 9.17) is 4.74 Å². The Morgan fingerprint density at radius 3 is 1.68 bits per heavy atom. The summed E-state index contributed by atoms with van der Waals surface area (Å²) in [6.45, 7) is 0.183. The van der Waals surface area contributed by atoms with E-state index in [1.807, 2.05) is 0 Å². The highest BCUT2D eigenvalue weighted by atomic mass is 16.5. The Kier molecular flexibility index (Phi) is 5.37. The summed E-state index contributed by atoms with van der Waals surface area (Å²) in [5, 5.41) is 0. The number of rotatable bonds is 7. The second-order valence-electron chi connectivity index (χ2n) is 7.37. The average molecular weight is 420 g/mol. The molecule has 2 aliphatic rings. The molecule has 2 aromatic carbocycles. The molecule has 0 saturated heterocycles. The average Bonchev–Trinajstić information content (AvgIpc) is 3.19. The van der Waals surface area contributed by atoms with Crippen LogP contribution in [0.25, 0.3) is 0 Å². The van der Waals surface area contributed by atoms with E-state index in [9.17, 15) is 24.0 Å². The van der Waals surface area contributed by atoms with E-state index in [0.29, 0.717) is 24.0 Å². The first kappa shape index (κ1) is 20.5. The van der Waals surface area contributed by atoms with Crippen molar-refractivity contribution in [3.63, 3.8) is 0 Å². The lowest BCUT2D eigenvalue weighted by Crippen LogP contribution is -2.45. The number of ether oxygens (including phenoxy) is 1. The molecule has 4 rings (SSSR count). The molecule has 0 aromatic heterocycles. The van der Waals surface area contributed by atoms with Gasteiger partial charge in [-0.3, -0.25) is 29.0 Å². The lowest BCUT2D eigenvalue weighted by Gasteiger charge is -2.24. The minimum absolute atomic E-state index is 0.168. The monoisotopic (exact) mass is 420 g/mol. The van der Waals surface area contributed by atoms with Gasteiger partial charge in [-0.15, -0.1) is 0 Å². The Balaban J connectivity index is 1.41. The van der Waals surface area contributed by atoms with E-state index >= 15 is 0 Å². The predicted molar refractivity (Wildman–Crippen MR) is 108 cm³/mol. The molecule has 0 fully saturated rings. The van der Waals surface area contributed by atoms with Gasteiger partial charge in [-0.05, 0) is 43.5 Å². The smallest absolute Gasteiger partial charge is 0.329 e. The van der Waals surface area contributed by atoms with Crippen molar-refractivity contribution in [2.24, 2.45) is 0 Å². The third-order valence-corrected chi connectivity index (χ3v) is 5.60. The SMILES string of the molecule is COC(=O)C(CCCCN1C(=O)c2ccccc2C1=O)N1C(=O)c2ccccc2C1=O. The zero-order valence-corrected chi connectivity index (χ0v) is 16.9. The molecule has 0 saturated carbocycles. The van der Waals surface area contributed by atoms with Crippen LogP contribution in [0, 0.1) is 0 Å². The van der Waals surface area contributed by atoms with Gasteiger partial charge >= 0.3 is 5.97 Å². The molecule has 31 heavy (non-hydrogen) atoms. The van der Waals surface area contributed by atoms with Gasteiger partial charge in [-0.1, -0.05) is 24.3 Å². The lowest BCUT2D eigenvalue weighted by molar-refractivity contribution is -0.145. The fraction of sp³-hybridized carbons (Fsp3) is 0.261. The fourth-order valence-electron chi connectivity index (χ4n) is 4.03. The van der Waals surface area contributed by atoms with Crippen LogP contribution in [0.4, 0.5) is 0 Å². The van der Waals surface area contributed by atoms with Gasteiger partial charge in [0.1, 0.15) is 6.04 Å². The Morgan fingerprint density at radius 2 is 1.23 bits per heavy atom. The standard InChI is InChI=1S/C23H20N2O6/c1-31-23(30)18(25-21(28)16-10-4-5-11-17(16)22(25)29)12-6-7-13-24-19(26)14-8-2-3-9-15(14)20(24)27/h2-5,8-11,18H,6-7,12-13H2,1H3. The van der Waals surface area contributed by atoms with Crippen molar-refractivity contribution >= 4 is 29.6 Å². The molecule has 158 valence electrons. The molecule has 2 heterocycles. The molecular weight excluding hydrogens is 400 g/mol. The quantitative estimate of drug-likeness (QED) is 0.387. The summed E-state index contributed by atoms with van der Waals surface area (Å²) < 4.78 is 4.82. The number of unbranched alkanes of at least 4 members (excludes halogenated alkanes) is 1. The van der Waals surface area contributed by atoms with Crippen molar-refractivity contribution in [1.82, 2.24) is 9.80 Å². The van der Waals surface area contributed by atoms with Gasteiger partial charge in [-0.2, -0.15) is 0 Å². The van der Waals surface area contributed by atoms with Gasteiger partial charge in [-0.25, -0.2) is 4.79 Å². The highest BCUT2D eigenvalue weighted by Crippen LogP contribution is 2.27. The van der Waals surface area contributed by atoms with Gasteiger partial charge in [0, 0.05) is 6.54 Å². The summed E-state index contributed by atoms with van der Waals surface area (Å²) in [4.78, 5) is 64.8. The first-order chi connectivity index (χ1) is 15.0. The number of hydrogen-bond acceptors (Lipinski definition) is 6. The molecule has 0 spiro atoms. The Labute approximate surface area is 178 Å². The van der Waals surface area contributed by atoms with Gasteiger partial charge in [0.2, 0.25) is 0 Å². The van der Waals surface area contributed by atoms with Gasteiger partial charge < -0.3 is 4.74 Å². The fourth-order valence-corrected chi connectivity index (χ4v) is 4.03.